The molecule has 0 atom stereocenters. The van der Waals surface area contributed by atoms with Crippen LogP contribution < -0.4 is 0 Å². The second-order valence-corrected chi connectivity index (χ2v) is 4.93. The first-order valence-corrected chi connectivity index (χ1v) is 6.12. The topological polar surface area (TPSA) is 30.2 Å². The van der Waals surface area contributed by atoms with E-state index in [-0.39, 0.29) is 5.78 Å². The minimum Gasteiger partial charge on any atom is -0.472 e. The van der Waals surface area contributed by atoms with Gasteiger partial charge in [0.05, 0.1) is 17.5 Å². The Kier molecular flexibility index (Phi) is 3.66. The van der Waals surface area contributed by atoms with Gasteiger partial charge in [0.1, 0.15) is 0 Å². The zero-order valence-corrected chi connectivity index (χ0v) is 11.2. The molecule has 0 N–H and O–H groups in total. The van der Waals surface area contributed by atoms with Gasteiger partial charge in [-0.1, -0.05) is 17.7 Å². The average Bonchev–Trinajstić information content (AvgIpc) is 2.74. The van der Waals surface area contributed by atoms with Crippen molar-refractivity contribution in [2.24, 2.45) is 0 Å². The van der Waals surface area contributed by atoms with Gasteiger partial charge in [-0.25, -0.2) is 0 Å². The summed E-state index contributed by atoms with van der Waals surface area (Å²) in [7, 11) is 0. The summed E-state index contributed by atoms with van der Waals surface area (Å²) in [6.07, 6.45) is 3.48. The third-order valence-electron chi connectivity index (χ3n) is 2.19. The monoisotopic (exact) mass is 346 g/mol. The van der Waals surface area contributed by atoms with E-state index in [2.05, 4.69) is 22.6 Å². The van der Waals surface area contributed by atoms with Crippen LogP contribution in [0, 0.1) is 3.57 Å². The number of ketones is 1. The Morgan fingerprint density at radius 1 is 1.38 bits per heavy atom. The first kappa shape index (κ1) is 11.7. The van der Waals surface area contributed by atoms with Crippen LogP contribution in [0.25, 0.3) is 0 Å². The maximum Gasteiger partial charge on any atom is 0.167 e. The molecule has 82 valence electrons. The molecule has 0 fully saturated rings. The predicted octanol–water partition coefficient (Wildman–Crippen LogP) is 3.96. The molecule has 0 saturated heterocycles. The molecule has 0 aliphatic heterocycles. The van der Waals surface area contributed by atoms with Crippen molar-refractivity contribution < 1.29 is 9.21 Å². The van der Waals surface area contributed by atoms with Gasteiger partial charge < -0.3 is 4.42 Å². The van der Waals surface area contributed by atoms with E-state index in [1.165, 1.54) is 0 Å². The van der Waals surface area contributed by atoms with Gasteiger partial charge in [-0.3, -0.25) is 4.79 Å². The number of furan rings is 1. The fraction of sp³-hybridized carbons (Fsp3) is 0.0833. The van der Waals surface area contributed by atoms with Crippen molar-refractivity contribution in [1.29, 1.82) is 0 Å². The van der Waals surface area contributed by atoms with Crippen molar-refractivity contribution >= 4 is 40.0 Å². The number of halogens is 2. The molecule has 1 aromatic carbocycles. The van der Waals surface area contributed by atoms with Gasteiger partial charge in [0, 0.05) is 15.6 Å². The van der Waals surface area contributed by atoms with Gasteiger partial charge in [0.15, 0.2) is 5.78 Å². The molecular weight excluding hydrogens is 338 g/mol. The van der Waals surface area contributed by atoms with Crippen molar-refractivity contribution in [3.8, 4) is 0 Å². The standard InChI is InChI=1S/C12H8ClIO2/c13-10-6-9(1-2-11(10)14)12(15)5-8-3-4-16-7-8/h1-4,6-7H,5H2. The first-order chi connectivity index (χ1) is 7.66. The average molecular weight is 347 g/mol. The number of hydrogen-bond donors (Lipinski definition) is 0. The number of benzene rings is 1. The molecule has 0 radical (unpaired) electrons. The normalized spacial score (nSPS) is 10.4. The van der Waals surface area contributed by atoms with E-state index in [1.807, 2.05) is 6.07 Å². The lowest BCUT2D eigenvalue weighted by molar-refractivity contribution is 0.0992. The Hall–Kier alpha value is -0.810. The summed E-state index contributed by atoms with van der Waals surface area (Å²) >= 11 is 8.09. The predicted molar refractivity (Wildman–Crippen MR) is 70.9 cm³/mol. The van der Waals surface area contributed by atoms with E-state index >= 15 is 0 Å². The van der Waals surface area contributed by atoms with Crippen molar-refractivity contribution in [2.75, 3.05) is 0 Å². The van der Waals surface area contributed by atoms with Crippen LogP contribution in [0.15, 0.2) is 41.2 Å². The van der Waals surface area contributed by atoms with Crippen molar-refractivity contribution in [2.45, 2.75) is 6.42 Å². The molecular formula is C12H8ClIO2. The van der Waals surface area contributed by atoms with E-state index < -0.39 is 0 Å². The fourth-order valence-corrected chi connectivity index (χ4v) is 1.87. The molecule has 0 saturated carbocycles. The number of rotatable bonds is 3. The van der Waals surface area contributed by atoms with Crippen LogP contribution in [-0.2, 0) is 6.42 Å². The molecule has 4 heteroatoms. The zero-order valence-electron chi connectivity index (χ0n) is 8.24. The summed E-state index contributed by atoms with van der Waals surface area (Å²) in [6.45, 7) is 0. The lowest BCUT2D eigenvalue weighted by atomic mass is 10.1. The highest BCUT2D eigenvalue weighted by atomic mass is 127. The summed E-state index contributed by atoms with van der Waals surface area (Å²) in [5.41, 5.74) is 1.51. The minimum atomic E-state index is 0.0414. The van der Waals surface area contributed by atoms with E-state index in [4.69, 9.17) is 16.0 Å². The van der Waals surface area contributed by atoms with Crippen LogP contribution in [0.1, 0.15) is 15.9 Å². The summed E-state index contributed by atoms with van der Waals surface area (Å²) in [5, 5.41) is 0.610. The molecule has 0 aliphatic rings. The van der Waals surface area contributed by atoms with Gasteiger partial charge in [0.2, 0.25) is 0 Å². The minimum absolute atomic E-state index is 0.0414. The Bertz CT molecular complexity index is 506. The molecule has 2 aromatic rings. The summed E-state index contributed by atoms with van der Waals surface area (Å²) in [6, 6.07) is 7.11. The number of carbonyl (C=O) groups excluding carboxylic acids is 1. The zero-order chi connectivity index (χ0) is 11.5. The first-order valence-electron chi connectivity index (χ1n) is 4.66. The number of carbonyl (C=O) groups is 1. The highest BCUT2D eigenvalue weighted by molar-refractivity contribution is 14.1. The van der Waals surface area contributed by atoms with Gasteiger partial charge in [-0.15, -0.1) is 0 Å². The van der Waals surface area contributed by atoms with Crippen LogP contribution in [0.3, 0.4) is 0 Å². The Morgan fingerprint density at radius 3 is 2.81 bits per heavy atom. The lowest BCUT2D eigenvalue weighted by Gasteiger charge is -2.01. The maximum absolute atomic E-state index is 11.9. The maximum atomic E-state index is 11.9. The van der Waals surface area contributed by atoms with Gasteiger partial charge in [0.25, 0.3) is 0 Å². The summed E-state index contributed by atoms with van der Waals surface area (Å²) < 4.78 is 5.86. The molecule has 0 unspecified atom stereocenters. The van der Waals surface area contributed by atoms with E-state index in [9.17, 15) is 4.79 Å². The molecule has 0 aliphatic carbocycles. The van der Waals surface area contributed by atoms with Crippen LogP contribution in [0.4, 0.5) is 0 Å². The Labute approximate surface area is 112 Å². The molecule has 1 aromatic heterocycles. The van der Waals surface area contributed by atoms with Crippen LogP contribution in [0.2, 0.25) is 5.02 Å². The highest BCUT2D eigenvalue weighted by Gasteiger charge is 2.09. The molecule has 2 rings (SSSR count). The van der Waals surface area contributed by atoms with Crippen LogP contribution in [-0.4, -0.2) is 5.78 Å². The molecule has 2 nitrogen and oxygen atoms in total. The molecule has 0 amide bonds. The SMILES string of the molecule is O=C(Cc1ccoc1)c1ccc(I)c(Cl)c1. The Balaban J connectivity index is 2.18. The quantitative estimate of drug-likeness (QED) is 0.622. The highest BCUT2D eigenvalue weighted by Crippen LogP contribution is 2.20. The number of hydrogen-bond acceptors (Lipinski definition) is 2. The molecule has 0 bridgehead atoms. The van der Waals surface area contributed by atoms with Crippen molar-refractivity contribution in [3.63, 3.8) is 0 Å². The third-order valence-corrected chi connectivity index (χ3v) is 3.76. The van der Waals surface area contributed by atoms with Crippen LogP contribution in [0.5, 0.6) is 0 Å². The molecule has 0 spiro atoms. The third kappa shape index (κ3) is 2.65. The van der Waals surface area contributed by atoms with E-state index in [1.54, 1.807) is 30.7 Å². The van der Waals surface area contributed by atoms with E-state index in [0.717, 1.165) is 9.13 Å². The molecule has 16 heavy (non-hydrogen) atoms. The second kappa shape index (κ2) is 5.01. The van der Waals surface area contributed by atoms with Gasteiger partial charge >= 0.3 is 0 Å². The largest absolute Gasteiger partial charge is 0.472 e. The van der Waals surface area contributed by atoms with Gasteiger partial charge in [-0.05, 0) is 46.4 Å². The van der Waals surface area contributed by atoms with E-state index in [0.29, 0.717) is 17.0 Å². The number of Topliss-reactive ketones (excluding diaryl/α,β-unsaturated/α-hetero) is 1. The lowest BCUT2D eigenvalue weighted by Crippen LogP contribution is -2.02. The van der Waals surface area contributed by atoms with Crippen molar-refractivity contribution in [3.05, 3.63) is 56.5 Å². The van der Waals surface area contributed by atoms with Crippen molar-refractivity contribution in [1.82, 2.24) is 0 Å². The fourth-order valence-electron chi connectivity index (χ4n) is 1.35. The Morgan fingerprint density at radius 2 is 2.19 bits per heavy atom. The smallest absolute Gasteiger partial charge is 0.167 e. The summed E-state index contributed by atoms with van der Waals surface area (Å²) in [5.74, 6) is 0.0414. The van der Waals surface area contributed by atoms with Gasteiger partial charge in [-0.2, -0.15) is 0 Å². The molecule has 1 heterocycles. The second-order valence-electron chi connectivity index (χ2n) is 3.36. The summed E-state index contributed by atoms with van der Waals surface area (Å²) in [4.78, 5) is 11.9. The van der Waals surface area contributed by atoms with Crippen LogP contribution >= 0.6 is 34.2 Å².